The van der Waals surface area contributed by atoms with Gasteiger partial charge in [0.25, 0.3) is 11.8 Å². The number of rotatable bonds is 1. The Kier molecular flexibility index (Phi) is 2.24. The Bertz CT molecular complexity index is 646. The van der Waals surface area contributed by atoms with E-state index in [1.807, 2.05) is 32.9 Å². The molecular weight excluding hydrogens is 240 g/mol. The molecule has 0 saturated heterocycles. The van der Waals surface area contributed by atoms with Crippen LogP contribution in [0.1, 0.15) is 42.3 Å². The van der Waals surface area contributed by atoms with Crippen molar-refractivity contribution in [2.24, 2.45) is 10.9 Å². The second-order valence-electron chi connectivity index (χ2n) is 5.68. The standard InChI is InChI=1S/C15H16N2O2/c1-8(2)15(4)14(19)16-12-11-9(3)6-5-7-10(11)13(18)17(12)15/h5-8H,1-4H3. The summed E-state index contributed by atoms with van der Waals surface area (Å²) in [6, 6.07) is 5.60. The molecular formula is C15H16N2O2. The first-order valence-electron chi connectivity index (χ1n) is 6.46. The second-order valence-corrected chi connectivity index (χ2v) is 5.68. The molecule has 4 heteroatoms. The monoisotopic (exact) mass is 256 g/mol. The third-order valence-corrected chi connectivity index (χ3v) is 4.37. The first-order chi connectivity index (χ1) is 8.89. The molecule has 2 aliphatic rings. The van der Waals surface area contributed by atoms with Crippen molar-refractivity contribution in [1.82, 2.24) is 4.90 Å². The van der Waals surface area contributed by atoms with Crippen molar-refractivity contribution in [1.29, 1.82) is 0 Å². The zero-order valence-corrected chi connectivity index (χ0v) is 11.5. The molecule has 0 aliphatic carbocycles. The van der Waals surface area contributed by atoms with Crippen molar-refractivity contribution in [2.75, 3.05) is 0 Å². The van der Waals surface area contributed by atoms with Gasteiger partial charge in [-0.25, -0.2) is 0 Å². The molecule has 2 heterocycles. The molecule has 1 aromatic carbocycles. The zero-order chi connectivity index (χ0) is 13.9. The summed E-state index contributed by atoms with van der Waals surface area (Å²) in [6.45, 7) is 7.63. The summed E-state index contributed by atoms with van der Waals surface area (Å²) in [6.07, 6.45) is 0. The number of nitrogens with zero attached hydrogens (tertiary/aromatic N) is 2. The van der Waals surface area contributed by atoms with E-state index in [2.05, 4.69) is 4.99 Å². The molecule has 0 fully saturated rings. The van der Waals surface area contributed by atoms with Gasteiger partial charge in [-0.3, -0.25) is 14.5 Å². The van der Waals surface area contributed by atoms with E-state index in [4.69, 9.17) is 0 Å². The summed E-state index contributed by atoms with van der Waals surface area (Å²) < 4.78 is 0. The van der Waals surface area contributed by atoms with Crippen LogP contribution in [0.5, 0.6) is 0 Å². The quantitative estimate of drug-likeness (QED) is 0.773. The number of hydrogen-bond donors (Lipinski definition) is 0. The highest BCUT2D eigenvalue weighted by Crippen LogP contribution is 2.40. The fourth-order valence-corrected chi connectivity index (χ4v) is 2.82. The molecule has 2 aliphatic heterocycles. The van der Waals surface area contributed by atoms with Crippen molar-refractivity contribution in [3.05, 3.63) is 34.9 Å². The van der Waals surface area contributed by atoms with Crippen molar-refractivity contribution < 1.29 is 9.59 Å². The van der Waals surface area contributed by atoms with Gasteiger partial charge in [0, 0.05) is 5.56 Å². The highest BCUT2D eigenvalue weighted by Gasteiger charge is 2.55. The molecule has 4 nitrogen and oxygen atoms in total. The molecule has 1 aromatic rings. The fraction of sp³-hybridized carbons (Fsp3) is 0.400. The van der Waals surface area contributed by atoms with Gasteiger partial charge in [-0.15, -0.1) is 0 Å². The SMILES string of the molecule is Cc1cccc2c1C1=NC(=O)C(C)(C(C)C)N1C2=O. The largest absolute Gasteiger partial charge is 0.276 e. The minimum absolute atomic E-state index is 0.0137. The molecule has 3 rings (SSSR count). The summed E-state index contributed by atoms with van der Waals surface area (Å²) in [5, 5.41) is 0. The predicted molar refractivity (Wildman–Crippen MR) is 72.1 cm³/mol. The minimum atomic E-state index is -0.863. The van der Waals surface area contributed by atoms with Crippen molar-refractivity contribution in [3.8, 4) is 0 Å². The number of aryl methyl sites for hydroxylation is 1. The number of hydrogen-bond acceptors (Lipinski definition) is 2. The van der Waals surface area contributed by atoms with Crippen LogP contribution in [0.15, 0.2) is 23.2 Å². The maximum atomic E-state index is 12.6. The maximum absolute atomic E-state index is 12.6. The van der Waals surface area contributed by atoms with Crippen LogP contribution < -0.4 is 0 Å². The molecule has 98 valence electrons. The predicted octanol–water partition coefficient (Wildman–Crippen LogP) is 2.15. The normalized spacial score (nSPS) is 24.9. The molecule has 19 heavy (non-hydrogen) atoms. The summed E-state index contributed by atoms with van der Waals surface area (Å²) in [5.41, 5.74) is 1.58. The first kappa shape index (κ1) is 12.1. The van der Waals surface area contributed by atoms with Crippen LogP contribution in [0.3, 0.4) is 0 Å². The Morgan fingerprint density at radius 2 is 1.95 bits per heavy atom. The lowest BCUT2D eigenvalue weighted by molar-refractivity contribution is -0.126. The number of fused-ring (bicyclic) bond motifs is 3. The van der Waals surface area contributed by atoms with Gasteiger partial charge in [0.1, 0.15) is 11.4 Å². The number of carbonyl (C=O) groups is 2. The molecule has 1 unspecified atom stereocenters. The van der Waals surface area contributed by atoms with Crippen LogP contribution in [0.25, 0.3) is 0 Å². The maximum Gasteiger partial charge on any atom is 0.274 e. The number of aliphatic imine (C=N–C) groups is 1. The fourth-order valence-electron chi connectivity index (χ4n) is 2.82. The number of amidine groups is 1. The van der Waals surface area contributed by atoms with Gasteiger partial charge in [0.05, 0.1) is 5.56 Å². The van der Waals surface area contributed by atoms with Crippen LogP contribution in [0.2, 0.25) is 0 Å². The molecule has 0 N–H and O–H groups in total. The Balaban J connectivity index is 2.26. The summed E-state index contributed by atoms with van der Waals surface area (Å²) in [5.74, 6) is 0.207. The van der Waals surface area contributed by atoms with Gasteiger partial charge in [-0.1, -0.05) is 26.0 Å². The van der Waals surface area contributed by atoms with Gasteiger partial charge in [-0.2, -0.15) is 4.99 Å². The highest BCUT2D eigenvalue weighted by atomic mass is 16.2. The van der Waals surface area contributed by atoms with Gasteiger partial charge in [-0.05, 0) is 31.4 Å². The van der Waals surface area contributed by atoms with E-state index in [1.54, 1.807) is 17.9 Å². The van der Waals surface area contributed by atoms with E-state index in [9.17, 15) is 9.59 Å². The molecule has 0 saturated carbocycles. The van der Waals surface area contributed by atoms with Crippen LogP contribution in [-0.4, -0.2) is 28.1 Å². The molecule has 0 bridgehead atoms. The van der Waals surface area contributed by atoms with Gasteiger partial charge >= 0.3 is 0 Å². The van der Waals surface area contributed by atoms with Crippen LogP contribution >= 0.6 is 0 Å². The summed E-state index contributed by atoms with van der Waals surface area (Å²) >= 11 is 0. The lowest BCUT2D eigenvalue weighted by Crippen LogP contribution is -2.53. The minimum Gasteiger partial charge on any atom is -0.276 e. The van der Waals surface area contributed by atoms with Gasteiger partial charge in [0.2, 0.25) is 0 Å². The van der Waals surface area contributed by atoms with E-state index in [-0.39, 0.29) is 17.7 Å². The Morgan fingerprint density at radius 3 is 2.58 bits per heavy atom. The summed E-state index contributed by atoms with van der Waals surface area (Å²) in [4.78, 5) is 30.6. The van der Waals surface area contributed by atoms with Crippen molar-refractivity contribution in [3.63, 3.8) is 0 Å². The van der Waals surface area contributed by atoms with E-state index < -0.39 is 5.54 Å². The van der Waals surface area contributed by atoms with Crippen molar-refractivity contribution in [2.45, 2.75) is 33.2 Å². The van der Waals surface area contributed by atoms with Gasteiger partial charge < -0.3 is 0 Å². The molecule has 0 aromatic heterocycles. The Hall–Kier alpha value is -1.97. The molecule has 0 spiro atoms. The second kappa shape index (κ2) is 3.53. The Labute approximate surface area is 112 Å². The van der Waals surface area contributed by atoms with Crippen LogP contribution in [-0.2, 0) is 4.79 Å². The lowest BCUT2D eigenvalue weighted by Gasteiger charge is -2.34. The average Bonchev–Trinajstić information content (AvgIpc) is 2.77. The van der Waals surface area contributed by atoms with E-state index in [0.717, 1.165) is 11.1 Å². The van der Waals surface area contributed by atoms with E-state index in [1.165, 1.54) is 0 Å². The smallest absolute Gasteiger partial charge is 0.274 e. The molecule has 1 atom stereocenters. The zero-order valence-electron chi connectivity index (χ0n) is 11.5. The lowest BCUT2D eigenvalue weighted by atomic mass is 9.87. The van der Waals surface area contributed by atoms with Crippen LogP contribution in [0, 0.1) is 12.8 Å². The third kappa shape index (κ3) is 1.26. The number of carbonyl (C=O) groups excluding carboxylic acids is 2. The first-order valence-corrected chi connectivity index (χ1v) is 6.46. The molecule has 0 radical (unpaired) electrons. The van der Waals surface area contributed by atoms with E-state index in [0.29, 0.717) is 11.4 Å². The summed E-state index contributed by atoms with van der Waals surface area (Å²) in [7, 11) is 0. The third-order valence-electron chi connectivity index (χ3n) is 4.37. The number of amides is 2. The van der Waals surface area contributed by atoms with Gasteiger partial charge in [0.15, 0.2) is 0 Å². The van der Waals surface area contributed by atoms with E-state index >= 15 is 0 Å². The topological polar surface area (TPSA) is 49.7 Å². The van der Waals surface area contributed by atoms with Crippen LogP contribution in [0.4, 0.5) is 0 Å². The van der Waals surface area contributed by atoms with Crippen molar-refractivity contribution >= 4 is 17.6 Å². The average molecular weight is 256 g/mol. The Morgan fingerprint density at radius 1 is 1.26 bits per heavy atom. The highest BCUT2D eigenvalue weighted by molar-refractivity contribution is 6.30. The number of benzene rings is 1. The molecule has 2 amide bonds.